The molecular formula is C13H17N. The molecular weight excluding hydrogens is 170 g/mol. The molecule has 0 bridgehead atoms. The van der Waals surface area contributed by atoms with Gasteiger partial charge in [-0.2, -0.15) is 0 Å². The fourth-order valence-electron chi connectivity index (χ4n) is 2.02. The van der Waals surface area contributed by atoms with Crippen molar-refractivity contribution in [2.24, 2.45) is 5.73 Å². The average Bonchev–Trinajstić information content (AvgIpc) is 2.56. The Hall–Kier alpha value is -1.08. The minimum atomic E-state index is 0.300. The first-order valence-corrected chi connectivity index (χ1v) is 5.25. The maximum atomic E-state index is 5.84. The molecule has 0 amide bonds. The van der Waals surface area contributed by atoms with E-state index in [0.29, 0.717) is 6.04 Å². The number of nitrogens with two attached hydrogens (primary N) is 1. The Labute approximate surface area is 85.6 Å². The van der Waals surface area contributed by atoms with E-state index in [1.54, 1.807) is 0 Å². The molecule has 0 radical (unpaired) electrons. The van der Waals surface area contributed by atoms with Gasteiger partial charge in [-0.15, -0.1) is 0 Å². The zero-order valence-corrected chi connectivity index (χ0v) is 8.66. The van der Waals surface area contributed by atoms with Crippen molar-refractivity contribution in [3.8, 4) is 0 Å². The molecule has 0 aliphatic heterocycles. The molecule has 1 unspecified atom stereocenters. The molecule has 2 rings (SSSR count). The molecule has 0 heterocycles. The molecule has 0 aromatic heterocycles. The van der Waals surface area contributed by atoms with Crippen LogP contribution in [0, 0.1) is 6.92 Å². The van der Waals surface area contributed by atoms with Crippen molar-refractivity contribution in [2.45, 2.75) is 32.2 Å². The first-order valence-electron chi connectivity index (χ1n) is 5.25. The second-order valence-electron chi connectivity index (χ2n) is 4.13. The first kappa shape index (κ1) is 9.47. The highest BCUT2D eigenvalue weighted by molar-refractivity contribution is 5.31. The summed E-state index contributed by atoms with van der Waals surface area (Å²) in [6.07, 6.45) is 5.61. The van der Waals surface area contributed by atoms with Gasteiger partial charge in [0.25, 0.3) is 0 Å². The van der Waals surface area contributed by atoms with Gasteiger partial charge in [0.1, 0.15) is 0 Å². The van der Waals surface area contributed by atoms with E-state index in [2.05, 4.69) is 37.3 Å². The largest absolute Gasteiger partial charge is 0.324 e. The van der Waals surface area contributed by atoms with Crippen LogP contribution in [0.3, 0.4) is 0 Å². The second kappa shape index (κ2) is 3.97. The molecule has 0 saturated heterocycles. The Kier molecular flexibility index (Phi) is 2.69. The smallest absolute Gasteiger partial charge is 0.0229 e. The number of hydrogen-bond acceptors (Lipinski definition) is 1. The lowest BCUT2D eigenvalue weighted by Gasteiger charge is -2.05. The zero-order valence-electron chi connectivity index (χ0n) is 8.66. The summed E-state index contributed by atoms with van der Waals surface area (Å²) in [5, 5.41) is 0. The Morgan fingerprint density at radius 3 is 2.79 bits per heavy atom. The summed E-state index contributed by atoms with van der Waals surface area (Å²) < 4.78 is 0. The molecule has 2 N–H and O–H groups in total. The van der Waals surface area contributed by atoms with E-state index in [-0.39, 0.29) is 0 Å². The topological polar surface area (TPSA) is 26.0 Å². The third-order valence-electron chi connectivity index (χ3n) is 2.93. The normalized spacial score (nSPS) is 21.0. The van der Waals surface area contributed by atoms with E-state index in [9.17, 15) is 0 Å². The third-order valence-corrected chi connectivity index (χ3v) is 2.93. The van der Waals surface area contributed by atoms with E-state index < -0.39 is 0 Å². The van der Waals surface area contributed by atoms with Gasteiger partial charge in [0, 0.05) is 6.04 Å². The summed E-state index contributed by atoms with van der Waals surface area (Å²) >= 11 is 0. The molecule has 0 spiro atoms. The lowest BCUT2D eigenvalue weighted by Crippen LogP contribution is -2.11. The number of hydrogen-bond donors (Lipinski definition) is 1. The predicted octanol–water partition coefficient (Wildman–Crippen LogP) is 2.59. The predicted molar refractivity (Wildman–Crippen MR) is 60.2 cm³/mol. The molecule has 1 nitrogen and oxygen atoms in total. The maximum Gasteiger partial charge on any atom is 0.0229 e. The van der Waals surface area contributed by atoms with Gasteiger partial charge < -0.3 is 5.73 Å². The third kappa shape index (κ3) is 2.05. The average molecular weight is 187 g/mol. The van der Waals surface area contributed by atoms with Gasteiger partial charge in [0.2, 0.25) is 0 Å². The van der Waals surface area contributed by atoms with Gasteiger partial charge in [-0.05, 0) is 37.3 Å². The van der Waals surface area contributed by atoms with E-state index in [0.717, 1.165) is 12.8 Å². The highest BCUT2D eigenvalue weighted by Crippen LogP contribution is 2.22. The number of allylic oxidation sites excluding steroid dienone is 1. The number of benzene rings is 1. The van der Waals surface area contributed by atoms with Crippen LogP contribution in [0.4, 0.5) is 0 Å². The quantitative estimate of drug-likeness (QED) is 0.707. The zero-order chi connectivity index (χ0) is 9.97. The molecule has 14 heavy (non-hydrogen) atoms. The van der Waals surface area contributed by atoms with E-state index >= 15 is 0 Å². The molecule has 1 aliphatic rings. The van der Waals surface area contributed by atoms with Crippen LogP contribution in [-0.2, 0) is 6.42 Å². The van der Waals surface area contributed by atoms with Crippen LogP contribution in [0.5, 0.6) is 0 Å². The molecule has 0 saturated carbocycles. The van der Waals surface area contributed by atoms with Crippen LogP contribution in [0.1, 0.15) is 24.0 Å². The van der Waals surface area contributed by atoms with Gasteiger partial charge in [0.15, 0.2) is 0 Å². The van der Waals surface area contributed by atoms with Gasteiger partial charge in [-0.1, -0.05) is 35.9 Å². The van der Waals surface area contributed by atoms with Gasteiger partial charge >= 0.3 is 0 Å². The van der Waals surface area contributed by atoms with Crippen molar-refractivity contribution in [3.05, 3.63) is 47.0 Å². The number of aryl methyl sites for hydroxylation is 1. The molecule has 1 atom stereocenters. The maximum absolute atomic E-state index is 5.84. The van der Waals surface area contributed by atoms with Gasteiger partial charge in [-0.25, -0.2) is 0 Å². The summed E-state index contributed by atoms with van der Waals surface area (Å²) in [6.45, 7) is 2.17. The van der Waals surface area contributed by atoms with Gasteiger partial charge in [0.05, 0.1) is 0 Å². The fraction of sp³-hybridized carbons (Fsp3) is 0.385. The highest BCUT2D eigenvalue weighted by Gasteiger charge is 2.12. The minimum absolute atomic E-state index is 0.300. The highest BCUT2D eigenvalue weighted by atomic mass is 14.6. The lowest BCUT2D eigenvalue weighted by molar-refractivity contribution is 0.769. The van der Waals surface area contributed by atoms with Crippen molar-refractivity contribution < 1.29 is 0 Å². The van der Waals surface area contributed by atoms with Crippen LogP contribution in [-0.4, -0.2) is 6.04 Å². The molecule has 1 heteroatoms. The Balaban J connectivity index is 2.12. The standard InChI is InChI=1S/C13H17N/c1-10-4-2-3-5-12(10)8-11-6-7-13(14)9-11/h2-5,9,13H,6-8,14H2,1H3. The first-order chi connectivity index (χ1) is 6.75. The van der Waals surface area contributed by atoms with Crippen LogP contribution < -0.4 is 5.73 Å². The Morgan fingerprint density at radius 1 is 1.36 bits per heavy atom. The monoisotopic (exact) mass is 187 g/mol. The molecule has 1 aliphatic carbocycles. The van der Waals surface area contributed by atoms with E-state index in [1.165, 1.54) is 23.1 Å². The molecule has 0 fully saturated rings. The summed E-state index contributed by atoms with van der Waals surface area (Å²) in [6, 6.07) is 8.88. The van der Waals surface area contributed by atoms with E-state index in [4.69, 9.17) is 5.73 Å². The van der Waals surface area contributed by atoms with Crippen LogP contribution in [0.2, 0.25) is 0 Å². The summed E-state index contributed by atoms with van der Waals surface area (Å²) in [5.41, 5.74) is 10.2. The SMILES string of the molecule is Cc1ccccc1CC1=CC(N)CC1. The fourth-order valence-corrected chi connectivity index (χ4v) is 2.02. The van der Waals surface area contributed by atoms with Crippen molar-refractivity contribution in [3.63, 3.8) is 0 Å². The van der Waals surface area contributed by atoms with Crippen molar-refractivity contribution in [1.29, 1.82) is 0 Å². The van der Waals surface area contributed by atoms with Crippen molar-refractivity contribution in [1.82, 2.24) is 0 Å². The Morgan fingerprint density at radius 2 is 2.14 bits per heavy atom. The van der Waals surface area contributed by atoms with Gasteiger partial charge in [-0.3, -0.25) is 0 Å². The van der Waals surface area contributed by atoms with Crippen molar-refractivity contribution >= 4 is 0 Å². The molecule has 1 aromatic rings. The van der Waals surface area contributed by atoms with E-state index in [1.807, 2.05) is 0 Å². The van der Waals surface area contributed by atoms with Crippen molar-refractivity contribution in [2.75, 3.05) is 0 Å². The summed E-state index contributed by atoms with van der Waals surface area (Å²) in [5.74, 6) is 0. The Bertz CT molecular complexity index is 352. The summed E-state index contributed by atoms with van der Waals surface area (Å²) in [7, 11) is 0. The van der Waals surface area contributed by atoms with Crippen LogP contribution in [0.15, 0.2) is 35.9 Å². The second-order valence-corrected chi connectivity index (χ2v) is 4.13. The molecule has 1 aromatic carbocycles. The summed E-state index contributed by atoms with van der Waals surface area (Å²) in [4.78, 5) is 0. The van der Waals surface area contributed by atoms with Crippen LogP contribution in [0.25, 0.3) is 0 Å². The molecule has 74 valence electrons. The van der Waals surface area contributed by atoms with Crippen LogP contribution >= 0.6 is 0 Å². The lowest BCUT2D eigenvalue weighted by atomic mass is 10.0. The number of rotatable bonds is 2. The minimum Gasteiger partial charge on any atom is -0.324 e.